The molecule has 0 aliphatic heterocycles. The van der Waals surface area contributed by atoms with Gasteiger partial charge in [0.25, 0.3) is 0 Å². The largest absolute Gasteiger partial charge is 0.489 e. The Balaban J connectivity index is 2.23. The summed E-state index contributed by atoms with van der Waals surface area (Å²) in [6, 6.07) is 14.0. The maximum absolute atomic E-state index is 11.6. The van der Waals surface area contributed by atoms with Gasteiger partial charge in [0, 0.05) is 0 Å². The van der Waals surface area contributed by atoms with E-state index in [1.54, 1.807) is 0 Å². The summed E-state index contributed by atoms with van der Waals surface area (Å²) >= 11 is 0. The third-order valence-corrected chi connectivity index (χ3v) is 3.91. The number of carbonyl (C=O) groups is 1. The highest BCUT2D eigenvalue weighted by Crippen LogP contribution is 2.26. The van der Waals surface area contributed by atoms with Crippen LogP contribution in [0.1, 0.15) is 41.5 Å². The predicted molar refractivity (Wildman–Crippen MR) is 88.9 cm³/mol. The Hall–Kier alpha value is -2.29. The second-order valence-electron chi connectivity index (χ2n) is 5.62. The molecule has 2 aromatic carbocycles. The van der Waals surface area contributed by atoms with Crippen LogP contribution in [0, 0.1) is 13.8 Å². The summed E-state index contributed by atoms with van der Waals surface area (Å²) in [5, 5.41) is 0. The molecular formula is C19H23NO2. The number of aryl methyl sites for hydroxylation is 2. The van der Waals surface area contributed by atoms with Crippen molar-refractivity contribution < 1.29 is 9.53 Å². The predicted octanol–water partition coefficient (Wildman–Crippen LogP) is 3.86. The van der Waals surface area contributed by atoms with Gasteiger partial charge in [0.2, 0.25) is 5.91 Å². The van der Waals surface area contributed by atoms with Crippen molar-refractivity contribution in [2.75, 3.05) is 0 Å². The molecule has 0 saturated heterocycles. The van der Waals surface area contributed by atoms with Crippen molar-refractivity contribution in [2.45, 2.75) is 39.7 Å². The molecule has 0 spiro atoms. The fraction of sp³-hybridized carbons (Fsp3) is 0.316. The highest BCUT2D eigenvalue weighted by Gasteiger charge is 2.18. The van der Waals surface area contributed by atoms with E-state index >= 15 is 0 Å². The second kappa shape index (κ2) is 7.12. The van der Waals surface area contributed by atoms with Crippen LogP contribution in [-0.2, 0) is 11.4 Å². The number of ether oxygens (including phenoxy) is 1. The normalized spacial score (nSPS) is 12.0. The Morgan fingerprint density at radius 1 is 1.18 bits per heavy atom. The number of hydrogen-bond donors (Lipinski definition) is 1. The van der Waals surface area contributed by atoms with E-state index in [1.807, 2.05) is 51.1 Å². The summed E-state index contributed by atoms with van der Waals surface area (Å²) in [5.74, 6) is 0.321. The van der Waals surface area contributed by atoms with E-state index in [9.17, 15) is 4.79 Å². The number of hydrogen-bond acceptors (Lipinski definition) is 2. The lowest BCUT2D eigenvalue weighted by Gasteiger charge is -2.17. The summed E-state index contributed by atoms with van der Waals surface area (Å²) in [4.78, 5) is 11.6. The first-order chi connectivity index (χ1) is 10.5. The minimum absolute atomic E-state index is 0.265. The van der Waals surface area contributed by atoms with Crippen molar-refractivity contribution in [3.8, 4) is 5.75 Å². The van der Waals surface area contributed by atoms with E-state index in [0.29, 0.717) is 13.0 Å². The monoisotopic (exact) mass is 297 g/mol. The maximum Gasteiger partial charge on any atom is 0.224 e. The lowest BCUT2D eigenvalue weighted by atomic mass is 9.92. The molecule has 0 saturated carbocycles. The Morgan fingerprint density at radius 3 is 2.59 bits per heavy atom. The Labute approximate surface area is 132 Å². The molecule has 1 atom stereocenters. The van der Waals surface area contributed by atoms with Gasteiger partial charge in [-0.25, -0.2) is 0 Å². The van der Waals surface area contributed by atoms with Gasteiger partial charge in [-0.15, -0.1) is 0 Å². The van der Waals surface area contributed by atoms with Gasteiger partial charge >= 0.3 is 0 Å². The van der Waals surface area contributed by atoms with E-state index in [-0.39, 0.29) is 11.8 Å². The Bertz CT molecular complexity index is 664. The summed E-state index contributed by atoms with van der Waals surface area (Å²) in [5.41, 5.74) is 9.76. The van der Waals surface area contributed by atoms with Crippen LogP contribution < -0.4 is 10.5 Å². The minimum atomic E-state index is -0.290. The van der Waals surface area contributed by atoms with Crippen LogP contribution in [0.2, 0.25) is 0 Å². The molecule has 2 aromatic rings. The van der Waals surface area contributed by atoms with E-state index in [2.05, 4.69) is 12.1 Å². The van der Waals surface area contributed by atoms with E-state index in [1.165, 1.54) is 0 Å². The van der Waals surface area contributed by atoms with Crippen molar-refractivity contribution in [3.05, 3.63) is 64.7 Å². The number of benzene rings is 2. The van der Waals surface area contributed by atoms with Gasteiger partial charge in [-0.1, -0.05) is 43.3 Å². The molecule has 1 unspecified atom stereocenters. The van der Waals surface area contributed by atoms with Crippen molar-refractivity contribution in [1.82, 2.24) is 0 Å². The number of primary amides is 1. The van der Waals surface area contributed by atoms with Crippen LogP contribution in [0.25, 0.3) is 0 Å². The molecule has 0 heterocycles. The smallest absolute Gasteiger partial charge is 0.224 e. The van der Waals surface area contributed by atoms with Crippen LogP contribution in [0.3, 0.4) is 0 Å². The zero-order valence-electron chi connectivity index (χ0n) is 13.4. The lowest BCUT2D eigenvalue weighted by Crippen LogP contribution is -2.22. The Kier molecular flexibility index (Phi) is 5.21. The average molecular weight is 297 g/mol. The quantitative estimate of drug-likeness (QED) is 0.880. The van der Waals surface area contributed by atoms with E-state index in [0.717, 1.165) is 28.0 Å². The van der Waals surface area contributed by atoms with Gasteiger partial charge in [-0.3, -0.25) is 4.79 Å². The van der Waals surface area contributed by atoms with Gasteiger partial charge in [0.05, 0.1) is 5.92 Å². The SMILES string of the molecule is CCC(C(N)=O)c1ccccc1COc1cc(C)ccc1C. The first-order valence-corrected chi connectivity index (χ1v) is 7.60. The van der Waals surface area contributed by atoms with Crippen molar-refractivity contribution in [3.63, 3.8) is 0 Å². The fourth-order valence-corrected chi connectivity index (χ4v) is 2.60. The standard InChI is InChI=1S/C19H23NO2/c1-4-16(19(20)21)17-8-6-5-7-15(17)12-22-18-11-13(2)9-10-14(18)3/h5-11,16H,4,12H2,1-3H3,(H2,20,21). The highest BCUT2D eigenvalue weighted by atomic mass is 16.5. The molecule has 0 aliphatic rings. The molecule has 2 rings (SSSR count). The zero-order chi connectivity index (χ0) is 16.1. The highest BCUT2D eigenvalue weighted by molar-refractivity contribution is 5.82. The molecule has 0 aliphatic carbocycles. The van der Waals surface area contributed by atoms with Crippen molar-refractivity contribution >= 4 is 5.91 Å². The molecular weight excluding hydrogens is 274 g/mol. The van der Waals surface area contributed by atoms with Crippen LogP contribution in [-0.4, -0.2) is 5.91 Å². The average Bonchev–Trinajstić information content (AvgIpc) is 2.50. The minimum Gasteiger partial charge on any atom is -0.489 e. The zero-order valence-corrected chi connectivity index (χ0v) is 13.4. The third kappa shape index (κ3) is 3.67. The summed E-state index contributed by atoms with van der Waals surface area (Å²) < 4.78 is 5.97. The molecule has 0 radical (unpaired) electrons. The summed E-state index contributed by atoms with van der Waals surface area (Å²) in [6.07, 6.45) is 0.690. The molecule has 3 nitrogen and oxygen atoms in total. The number of nitrogens with two attached hydrogens (primary N) is 1. The lowest BCUT2D eigenvalue weighted by molar-refractivity contribution is -0.119. The number of amides is 1. The third-order valence-electron chi connectivity index (χ3n) is 3.91. The summed E-state index contributed by atoms with van der Waals surface area (Å²) in [7, 11) is 0. The molecule has 22 heavy (non-hydrogen) atoms. The van der Waals surface area contributed by atoms with Gasteiger partial charge in [-0.2, -0.15) is 0 Å². The van der Waals surface area contributed by atoms with Crippen molar-refractivity contribution in [2.24, 2.45) is 5.73 Å². The first kappa shape index (κ1) is 16.1. The van der Waals surface area contributed by atoms with Crippen LogP contribution in [0.5, 0.6) is 5.75 Å². The van der Waals surface area contributed by atoms with Gasteiger partial charge in [-0.05, 0) is 48.6 Å². The van der Waals surface area contributed by atoms with Gasteiger partial charge in [0.1, 0.15) is 12.4 Å². The molecule has 0 fully saturated rings. The molecule has 2 N–H and O–H groups in total. The van der Waals surface area contributed by atoms with Gasteiger partial charge < -0.3 is 10.5 Å². The fourth-order valence-electron chi connectivity index (χ4n) is 2.60. The van der Waals surface area contributed by atoms with Crippen molar-refractivity contribution in [1.29, 1.82) is 0 Å². The van der Waals surface area contributed by atoms with E-state index in [4.69, 9.17) is 10.5 Å². The molecule has 0 aromatic heterocycles. The van der Waals surface area contributed by atoms with E-state index < -0.39 is 0 Å². The van der Waals surface area contributed by atoms with Crippen LogP contribution in [0.15, 0.2) is 42.5 Å². The molecule has 3 heteroatoms. The molecule has 116 valence electrons. The molecule has 1 amide bonds. The second-order valence-corrected chi connectivity index (χ2v) is 5.62. The van der Waals surface area contributed by atoms with Crippen LogP contribution >= 0.6 is 0 Å². The summed E-state index contributed by atoms with van der Waals surface area (Å²) in [6.45, 7) is 6.47. The maximum atomic E-state index is 11.6. The number of rotatable bonds is 6. The van der Waals surface area contributed by atoms with Gasteiger partial charge in [0.15, 0.2) is 0 Å². The number of carbonyl (C=O) groups excluding carboxylic acids is 1. The Morgan fingerprint density at radius 2 is 1.91 bits per heavy atom. The first-order valence-electron chi connectivity index (χ1n) is 7.60. The topological polar surface area (TPSA) is 52.3 Å². The molecule has 0 bridgehead atoms. The van der Waals surface area contributed by atoms with Crippen LogP contribution in [0.4, 0.5) is 0 Å².